The first-order valence-electron chi connectivity index (χ1n) is 12.1. The highest BCUT2D eigenvalue weighted by Gasteiger charge is 2.33. The molecule has 0 aromatic heterocycles. The van der Waals surface area contributed by atoms with Crippen molar-refractivity contribution in [2.45, 2.75) is 45.2 Å². The standard InChI is InChI=1S/C28H31Cl2N3O4S/c1-5-31-28(35)21(4)32(17-22-7-6-8-23(29)16-22)27(34)18-33(26-14-11-24(30)15-20(26)3)38(36,37)25-12-9-19(2)10-13-25/h6-16,21H,5,17-18H2,1-4H3,(H,31,35). The maximum absolute atomic E-state index is 13.9. The fourth-order valence-corrected chi connectivity index (χ4v) is 5.90. The number of carbonyl (C=O) groups is 2. The monoisotopic (exact) mass is 575 g/mol. The second-order valence-corrected chi connectivity index (χ2v) is 11.7. The van der Waals surface area contributed by atoms with E-state index in [1.807, 2.05) is 6.92 Å². The van der Waals surface area contributed by atoms with Gasteiger partial charge in [-0.25, -0.2) is 8.42 Å². The Labute approximate surface area is 234 Å². The van der Waals surface area contributed by atoms with Gasteiger partial charge in [0.05, 0.1) is 10.6 Å². The Morgan fingerprint density at radius 1 is 0.947 bits per heavy atom. The summed E-state index contributed by atoms with van der Waals surface area (Å²) in [6, 6.07) is 17.3. The molecule has 3 aromatic carbocycles. The molecule has 1 N–H and O–H groups in total. The summed E-state index contributed by atoms with van der Waals surface area (Å²) in [5.41, 5.74) is 2.51. The van der Waals surface area contributed by atoms with Gasteiger partial charge < -0.3 is 10.2 Å². The summed E-state index contributed by atoms with van der Waals surface area (Å²) in [5.74, 6) is -0.896. The summed E-state index contributed by atoms with van der Waals surface area (Å²) in [4.78, 5) is 28.0. The van der Waals surface area contributed by atoms with Crippen LogP contribution < -0.4 is 9.62 Å². The zero-order valence-corrected chi connectivity index (χ0v) is 24.1. The molecule has 0 radical (unpaired) electrons. The van der Waals surface area contributed by atoms with E-state index in [4.69, 9.17) is 23.2 Å². The number of carbonyl (C=O) groups excluding carboxylic acids is 2. The number of hydrogen-bond acceptors (Lipinski definition) is 4. The van der Waals surface area contributed by atoms with Crippen LogP contribution in [0.3, 0.4) is 0 Å². The Hall–Kier alpha value is -3.07. The van der Waals surface area contributed by atoms with Crippen molar-refractivity contribution in [3.8, 4) is 0 Å². The zero-order valence-electron chi connectivity index (χ0n) is 21.7. The number of nitrogens with one attached hydrogen (secondary N) is 1. The molecule has 0 aliphatic carbocycles. The summed E-state index contributed by atoms with van der Waals surface area (Å²) in [6.45, 7) is 6.91. The number of benzene rings is 3. The Bertz CT molecular complexity index is 1410. The molecule has 202 valence electrons. The predicted octanol–water partition coefficient (Wildman–Crippen LogP) is 5.36. The van der Waals surface area contributed by atoms with Gasteiger partial charge in [-0.2, -0.15) is 0 Å². The fourth-order valence-electron chi connectivity index (χ4n) is 3.99. The molecule has 3 rings (SSSR count). The van der Waals surface area contributed by atoms with E-state index in [0.29, 0.717) is 33.4 Å². The lowest BCUT2D eigenvalue weighted by Gasteiger charge is -2.32. The van der Waals surface area contributed by atoms with E-state index in [9.17, 15) is 18.0 Å². The molecule has 7 nitrogen and oxygen atoms in total. The molecule has 1 unspecified atom stereocenters. The van der Waals surface area contributed by atoms with Gasteiger partial charge in [0.2, 0.25) is 11.8 Å². The van der Waals surface area contributed by atoms with E-state index in [-0.39, 0.29) is 17.3 Å². The highest BCUT2D eigenvalue weighted by molar-refractivity contribution is 7.92. The van der Waals surface area contributed by atoms with Crippen LogP contribution in [0.1, 0.15) is 30.5 Å². The van der Waals surface area contributed by atoms with Gasteiger partial charge in [0.25, 0.3) is 10.0 Å². The van der Waals surface area contributed by atoms with Crippen molar-refractivity contribution < 1.29 is 18.0 Å². The summed E-state index contributed by atoms with van der Waals surface area (Å²) < 4.78 is 28.8. The summed E-state index contributed by atoms with van der Waals surface area (Å²) >= 11 is 12.3. The van der Waals surface area contributed by atoms with Crippen LogP contribution >= 0.6 is 23.2 Å². The number of halogens is 2. The zero-order chi connectivity index (χ0) is 28.0. The summed E-state index contributed by atoms with van der Waals surface area (Å²) in [5, 5.41) is 3.66. The number of amides is 2. The van der Waals surface area contributed by atoms with Crippen LogP contribution in [-0.4, -0.2) is 44.3 Å². The fraction of sp³-hybridized carbons (Fsp3) is 0.286. The Morgan fingerprint density at radius 2 is 1.61 bits per heavy atom. The average Bonchev–Trinajstić information content (AvgIpc) is 2.86. The van der Waals surface area contributed by atoms with E-state index >= 15 is 0 Å². The average molecular weight is 577 g/mol. The first-order chi connectivity index (χ1) is 17.9. The van der Waals surface area contributed by atoms with E-state index in [1.54, 1.807) is 75.4 Å². The molecule has 0 spiro atoms. The number of hydrogen-bond donors (Lipinski definition) is 1. The van der Waals surface area contributed by atoms with Crippen molar-refractivity contribution in [3.05, 3.63) is 93.5 Å². The smallest absolute Gasteiger partial charge is 0.264 e. The molecular weight excluding hydrogens is 545 g/mol. The van der Waals surface area contributed by atoms with Crippen molar-refractivity contribution in [1.29, 1.82) is 0 Å². The molecule has 2 amide bonds. The van der Waals surface area contributed by atoms with Crippen molar-refractivity contribution >= 4 is 50.7 Å². The van der Waals surface area contributed by atoms with Gasteiger partial charge in [0.1, 0.15) is 12.6 Å². The normalized spacial score (nSPS) is 12.1. The highest BCUT2D eigenvalue weighted by atomic mass is 35.5. The van der Waals surface area contributed by atoms with Gasteiger partial charge in [0, 0.05) is 23.1 Å². The third-order valence-electron chi connectivity index (χ3n) is 6.08. The lowest BCUT2D eigenvalue weighted by Crippen LogP contribution is -2.51. The number of sulfonamides is 1. The maximum atomic E-state index is 13.9. The molecule has 0 bridgehead atoms. The van der Waals surface area contributed by atoms with E-state index in [2.05, 4.69) is 5.32 Å². The highest BCUT2D eigenvalue weighted by Crippen LogP contribution is 2.29. The van der Waals surface area contributed by atoms with Gasteiger partial charge in [-0.1, -0.05) is 53.0 Å². The van der Waals surface area contributed by atoms with Crippen molar-refractivity contribution in [2.75, 3.05) is 17.4 Å². The van der Waals surface area contributed by atoms with Gasteiger partial charge in [-0.3, -0.25) is 13.9 Å². The lowest BCUT2D eigenvalue weighted by molar-refractivity contribution is -0.139. The first-order valence-corrected chi connectivity index (χ1v) is 14.3. The van der Waals surface area contributed by atoms with Crippen LogP contribution in [0.15, 0.2) is 71.6 Å². The van der Waals surface area contributed by atoms with E-state index < -0.39 is 28.5 Å². The number of anilines is 1. The molecule has 38 heavy (non-hydrogen) atoms. The van der Waals surface area contributed by atoms with Crippen LogP contribution in [0.4, 0.5) is 5.69 Å². The molecule has 0 aliphatic rings. The Morgan fingerprint density at radius 3 is 2.21 bits per heavy atom. The minimum absolute atomic E-state index is 0.0448. The minimum atomic E-state index is -4.15. The lowest BCUT2D eigenvalue weighted by atomic mass is 10.1. The van der Waals surface area contributed by atoms with Gasteiger partial charge in [-0.05, 0) is 81.3 Å². The number of nitrogens with zero attached hydrogens (tertiary/aromatic N) is 2. The summed E-state index contributed by atoms with van der Waals surface area (Å²) in [7, 11) is -4.15. The van der Waals surface area contributed by atoms with E-state index in [0.717, 1.165) is 9.87 Å². The molecule has 0 saturated heterocycles. The Balaban J connectivity index is 2.07. The van der Waals surface area contributed by atoms with Crippen LogP contribution in [-0.2, 0) is 26.2 Å². The molecule has 0 heterocycles. The predicted molar refractivity (Wildman–Crippen MR) is 152 cm³/mol. The largest absolute Gasteiger partial charge is 0.355 e. The molecule has 0 aliphatic heterocycles. The van der Waals surface area contributed by atoms with Crippen LogP contribution in [0, 0.1) is 13.8 Å². The van der Waals surface area contributed by atoms with Crippen LogP contribution in [0.5, 0.6) is 0 Å². The van der Waals surface area contributed by atoms with Gasteiger partial charge in [0.15, 0.2) is 0 Å². The van der Waals surface area contributed by atoms with Gasteiger partial charge >= 0.3 is 0 Å². The number of likely N-dealkylation sites (N-methyl/N-ethyl adjacent to an activating group) is 1. The second-order valence-electron chi connectivity index (χ2n) is 8.98. The topological polar surface area (TPSA) is 86.8 Å². The molecular formula is C28H31Cl2N3O4S. The van der Waals surface area contributed by atoms with Gasteiger partial charge in [-0.15, -0.1) is 0 Å². The number of aryl methyl sites for hydroxylation is 2. The van der Waals surface area contributed by atoms with Crippen molar-refractivity contribution in [2.24, 2.45) is 0 Å². The molecule has 3 aromatic rings. The number of rotatable bonds is 10. The van der Waals surface area contributed by atoms with Crippen molar-refractivity contribution in [3.63, 3.8) is 0 Å². The van der Waals surface area contributed by atoms with Crippen LogP contribution in [0.2, 0.25) is 10.0 Å². The van der Waals surface area contributed by atoms with E-state index in [1.165, 1.54) is 17.0 Å². The molecule has 0 fully saturated rings. The molecule has 10 heteroatoms. The van der Waals surface area contributed by atoms with Crippen LogP contribution in [0.25, 0.3) is 0 Å². The SMILES string of the molecule is CCNC(=O)C(C)N(Cc1cccc(Cl)c1)C(=O)CN(c1ccc(Cl)cc1C)S(=O)(=O)c1ccc(C)cc1. The van der Waals surface area contributed by atoms with Crippen molar-refractivity contribution in [1.82, 2.24) is 10.2 Å². The Kier molecular flexibility index (Phi) is 9.82. The summed E-state index contributed by atoms with van der Waals surface area (Å²) in [6.07, 6.45) is 0. The first kappa shape index (κ1) is 29.5. The maximum Gasteiger partial charge on any atom is 0.264 e. The third-order valence-corrected chi connectivity index (χ3v) is 8.32. The molecule has 1 atom stereocenters. The quantitative estimate of drug-likeness (QED) is 0.352. The minimum Gasteiger partial charge on any atom is -0.355 e. The second kappa shape index (κ2) is 12.7. The molecule has 0 saturated carbocycles. The third kappa shape index (κ3) is 7.07.